The Morgan fingerprint density at radius 3 is 2.20 bits per heavy atom. The minimum atomic E-state index is -0.806. The molecule has 0 bridgehead atoms. The molecule has 104 valence electrons. The highest BCUT2D eigenvalue weighted by molar-refractivity contribution is 6.30. The molecule has 0 saturated carbocycles. The normalized spacial score (nSPS) is 11.8. The second-order valence-electron chi connectivity index (χ2n) is 4.39. The minimum Gasteiger partial charge on any atom is -0.474 e. The Balaban J connectivity index is 2.26. The lowest BCUT2D eigenvalue weighted by molar-refractivity contribution is -0.149. The molecule has 2 aromatic carbocycles. The summed E-state index contributed by atoms with van der Waals surface area (Å²) in [6.45, 7) is 1.99. The Hall–Kier alpha value is -2.00. The highest BCUT2D eigenvalue weighted by atomic mass is 35.5. The zero-order valence-electron chi connectivity index (χ0n) is 11.3. The van der Waals surface area contributed by atoms with Crippen molar-refractivity contribution in [3.63, 3.8) is 0 Å². The summed E-state index contributed by atoms with van der Waals surface area (Å²) >= 11 is 5.85. The molecule has 0 spiro atoms. The van der Waals surface area contributed by atoms with E-state index < -0.39 is 12.1 Å². The maximum absolute atomic E-state index is 11.9. The lowest BCUT2D eigenvalue weighted by atomic mass is 10.1. The van der Waals surface area contributed by atoms with Gasteiger partial charge in [0.05, 0.1) is 7.11 Å². The first-order chi connectivity index (χ1) is 9.60. The number of benzene rings is 2. The van der Waals surface area contributed by atoms with Crippen LogP contribution < -0.4 is 4.74 Å². The van der Waals surface area contributed by atoms with Crippen LogP contribution in [0, 0.1) is 6.92 Å². The first kappa shape index (κ1) is 14.4. The summed E-state index contributed by atoms with van der Waals surface area (Å²) in [6.07, 6.45) is -0.806. The fourth-order valence-corrected chi connectivity index (χ4v) is 1.88. The molecule has 0 radical (unpaired) electrons. The van der Waals surface area contributed by atoms with E-state index in [2.05, 4.69) is 0 Å². The van der Waals surface area contributed by atoms with Crippen molar-refractivity contribution in [3.05, 3.63) is 64.7 Å². The molecule has 0 amide bonds. The van der Waals surface area contributed by atoms with Gasteiger partial charge < -0.3 is 9.47 Å². The molecule has 0 aliphatic carbocycles. The molecular formula is C16H15ClO3. The molecule has 0 fully saturated rings. The Labute approximate surface area is 123 Å². The van der Waals surface area contributed by atoms with Crippen molar-refractivity contribution in [2.75, 3.05) is 7.11 Å². The number of hydrogen-bond acceptors (Lipinski definition) is 3. The quantitative estimate of drug-likeness (QED) is 0.800. The van der Waals surface area contributed by atoms with Crippen molar-refractivity contribution in [1.29, 1.82) is 0 Å². The van der Waals surface area contributed by atoms with Gasteiger partial charge >= 0.3 is 5.97 Å². The standard InChI is InChI=1S/C16H15ClO3/c1-11-3-9-14(10-4-11)20-15(16(18)19-2)12-5-7-13(17)8-6-12/h3-10,15H,1-2H3. The predicted molar refractivity (Wildman–Crippen MR) is 78.0 cm³/mol. The number of halogens is 1. The van der Waals surface area contributed by atoms with Gasteiger partial charge in [-0.25, -0.2) is 4.79 Å². The topological polar surface area (TPSA) is 35.5 Å². The zero-order valence-corrected chi connectivity index (χ0v) is 12.1. The molecule has 0 N–H and O–H groups in total. The Bertz CT molecular complexity index is 576. The van der Waals surface area contributed by atoms with Crippen LogP contribution in [0.15, 0.2) is 48.5 Å². The molecule has 20 heavy (non-hydrogen) atoms. The van der Waals surface area contributed by atoms with E-state index in [1.54, 1.807) is 24.3 Å². The molecule has 0 aliphatic rings. The lowest BCUT2D eigenvalue weighted by Crippen LogP contribution is -2.20. The number of carbonyl (C=O) groups excluding carboxylic acids is 1. The molecular weight excluding hydrogens is 276 g/mol. The van der Waals surface area contributed by atoms with Gasteiger partial charge in [0.1, 0.15) is 5.75 Å². The number of esters is 1. The van der Waals surface area contributed by atoms with E-state index in [1.807, 2.05) is 31.2 Å². The van der Waals surface area contributed by atoms with Crippen LogP contribution in [0.2, 0.25) is 5.02 Å². The number of methoxy groups -OCH3 is 1. The van der Waals surface area contributed by atoms with Gasteiger partial charge in [0.25, 0.3) is 0 Å². The molecule has 2 rings (SSSR count). The van der Waals surface area contributed by atoms with Crippen LogP contribution in [0.3, 0.4) is 0 Å². The molecule has 0 aromatic heterocycles. The van der Waals surface area contributed by atoms with E-state index in [-0.39, 0.29) is 0 Å². The van der Waals surface area contributed by atoms with E-state index in [1.165, 1.54) is 7.11 Å². The highest BCUT2D eigenvalue weighted by Crippen LogP contribution is 2.24. The third kappa shape index (κ3) is 3.52. The summed E-state index contributed by atoms with van der Waals surface area (Å²) in [5, 5.41) is 0.604. The Kier molecular flexibility index (Phi) is 4.64. The first-order valence-electron chi connectivity index (χ1n) is 6.17. The number of ether oxygens (including phenoxy) is 2. The van der Waals surface area contributed by atoms with Gasteiger partial charge in [0, 0.05) is 10.6 Å². The smallest absolute Gasteiger partial charge is 0.351 e. The number of carbonyl (C=O) groups is 1. The summed E-state index contributed by atoms with van der Waals surface area (Å²) in [7, 11) is 1.34. The Morgan fingerprint density at radius 2 is 1.65 bits per heavy atom. The number of aryl methyl sites for hydroxylation is 1. The third-order valence-electron chi connectivity index (χ3n) is 2.86. The van der Waals surface area contributed by atoms with E-state index in [4.69, 9.17) is 21.1 Å². The van der Waals surface area contributed by atoms with Crippen LogP contribution in [0.1, 0.15) is 17.2 Å². The van der Waals surface area contributed by atoms with Gasteiger partial charge in [0.2, 0.25) is 6.10 Å². The molecule has 3 nitrogen and oxygen atoms in total. The summed E-state index contributed by atoms with van der Waals surface area (Å²) in [5.74, 6) is 0.161. The van der Waals surface area contributed by atoms with Gasteiger partial charge in [-0.15, -0.1) is 0 Å². The van der Waals surface area contributed by atoms with Gasteiger partial charge in [-0.05, 0) is 31.2 Å². The largest absolute Gasteiger partial charge is 0.474 e. The molecule has 2 aromatic rings. The van der Waals surface area contributed by atoms with Crippen molar-refractivity contribution < 1.29 is 14.3 Å². The molecule has 1 atom stereocenters. The summed E-state index contributed by atoms with van der Waals surface area (Å²) in [6, 6.07) is 14.4. The fourth-order valence-electron chi connectivity index (χ4n) is 1.75. The van der Waals surface area contributed by atoms with Crippen molar-refractivity contribution in [2.45, 2.75) is 13.0 Å². The third-order valence-corrected chi connectivity index (χ3v) is 3.11. The van der Waals surface area contributed by atoms with Crippen LogP contribution in [0.4, 0.5) is 0 Å². The second kappa shape index (κ2) is 6.44. The van der Waals surface area contributed by atoms with Gasteiger partial charge in [-0.2, -0.15) is 0 Å². The van der Waals surface area contributed by atoms with E-state index in [0.29, 0.717) is 16.3 Å². The van der Waals surface area contributed by atoms with E-state index in [9.17, 15) is 4.79 Å². The average Bonchev–Trinajstić information content (AvgIpc) is 2.47. The van der Waals surface area contributed by atoms with Crippen LogP contribution in [-0.4, -0.2) is 13.1 Å². The molecule has 0 saturated heterocycles. The summed E-state index contributed by atoms with van der Waals surface area (Å²) in [4.78, 5) is 11.9. The zero-order chi connectivity index (χ0) is 14.5. The van der Waals surface area contributed by atoms with Crippen molar-refractivity contribution in [1.82, 2.24) is 0 Å². The maximum atomic E-state index is 11.9. The molecule has 1 unspecified atom stereocenters. The van der Waals surface area contributed by atoms with Crippen molar-refractivity contribution in [3.8, 4) is 5.75 Å². The highest BCUT2D eigenvalue weighted by Gasteiger charge is 2.23. The lowest BCUT2D eigenvalue weighted by Gasteiger charge is -2.17. The minimum absolute atomic E-state index is 0.451. The monoisotopic (exact) mass is 290 g/mol. The van der Waals surface area contributed by atoms with Crippen LogP contribution in [-0.2, 0) is 9.53 Å². The predicted octanol–water partition coefficient (Wildman–Crippen LogP) is 3.94. The summed E-state index contributed by atoms with van der Waals surface area (Å²) < 4.78 is 10.5. The fraction of sp³-hybridized carbons (Fsp3) is 0.188. The first-order valence-corrected chi connectivity index (χ1v) is 6.54. The van der Waals surface area contributed by atoms with Crippen molar-refractivity contribution in [2.24, 2.45) is 0 Å². The van der Waals surface area contributed by atoms with Gasteiger partial charge in [-0.1, -0.05) is 41.4 Å². The second-order valence-corrected chi connectivity index (χ2v) is 4.82. The van der Waals surface area contributed by atoms with Gasteiger partial charge in [-0.3, -0.25) is 0 Å². The van der Waals surface area contributed by atoms with Crippen LogP contribution in [0.25, 0.3) is 0 Å². The number of rotatable bonds is 4. The summed E-state index contributed by atoms with van der Waals surface area (Å²) in [5.41, 5.74) is 1.82. The van der Waals surface area contributed by atoms with Crippen LogP contribution >= 0.6 is 11.6 Å². The number of hydrogen-bond donors (Lipinski definition) is 0. The SMILES string of the molecule is COC(=O)C(Oc1ccc(C)cc1)c1ccc(Cl)cc1. The van der Waals surface area contributed by atoms with Gasteiger partial charge in [0.15, 0.2) is 0 Å². The Morgan fingerprint density at radius 1 is 1.05 bits per heavy atom. The van der Waals surface area contributed by atoms with E-state index in [0.717, 1.165) is 5.56 Å². The van der Waals surface area contributed by atoms with E-state index >= 15 is 0 Å². The molecule has 0 aliphatic heterocycles. The molecule has 0 heterocycles. The molecule has 4 heteroatoms. The maximum Gasteiger partial charge on any atom is 0.351 e. The average molecular weight is 291 g/mol. The van der Waals surface area contributed by atoms with Crippen molar-refractivity contribution >= 4 is 17.6 Å². The van der Waals surface area contributed by atoms with Crippen LogP contribution in [0.5, 0.6) is 5.75 Å².